The van der Waals surface area contributed by atoms with Gasteiger partial charge in [-0.1, -0.05) is 26.0 Å². The van der Waals surface area contributed by atoms with Crippen molar-refractivity contribution in [1.82, 2.24) is 0 Å². The Kier molecular flexibility index (Phi) is 4.07. The second-order valence-corrected chi connectivity index (χ2v) is 4.70. The van der Waals surface area contributed by atoms with Crippen LogP contribution >= 0.6 is 0 Å². The summed E-state index contributed by atoms with van der Waals surface area (Å²) < 4.78 is 5.08. The number of benzene rings is 1. The minimum Gasteiger partial charge on any atom is -0.497 e. The number of carbonyl (C=O) groups excluding carboxylic acids is 1. The molecular formula is C13H19NO2. The molecule has 0 amide bonds. The van der Waals surface area contributed by atoms with Gasteiger partial charge in [-0.15, -0.1) is 0 Å². The maximum absolute atomic E-state index is 12.0. The van der Waals surface area contributed by atoms with Crippen LogP contribution in [0.2, 0.25) is 0 Å². The highest BCUT2D eigenvalue weighted by molar-refractivity contribution is 5.96. The van der Waals surface area contributed by atoms with E-state index in [4.69, 9.17) is 10.5 Å². The Morgan fingerprint density at radius 2 is 2.12 bits per heavy atom. The summed E-state index contributed by atoms with van der Waals surface area (Å²) in [5, 5.41) is 0. The van der Waals surface area contributed by atoms with Gasteiger partial charge in [0.2, 0.25) is 0 Å². The molecule has 0 aliphatic carbocycles. The van der Waals surface area contributed by atoms with Crippen LogP contribution < -0.4 is 10.5 Å². The van der Waals surface area contributed by atoms with Crippen molar-refractivity contribution in [2.75, 3.05) is 13.7 Å². The predicted molar refractivity (Wildman–Crippen MR) is 64.8 cm³/mol. The van der Waals surface area contributed by atoms with Gasteiger partial charge in [-0.3, -0.25) is 4.79 Å². The summed E-state index contributed by atoms with van der Waals surface area (Å²) in [7, 11) is 1.59. The molecule has 16 heavy (non-hydrogen) atoms. The van der Waals surface area contributed by atoms with Crippen LogP contribution in [0.4, 0.5) is 0 Å². The largest absolute Gasteiger partial charge is 0.497 e. The van der Waals surface area contributed by atoms with E-state index in [-0.39, 0.29) is 11.2 Å². The second kappa shape index (κ2) is 5.12. The van der Waals surface area contributed by atoms with Gasteiger partial charge in [0.1, 0.15) is 5.75 Å². The van der Waals surface area contributed by atoms with Crippen molar-refractivity contribution in [3.63, 3.8) is 0 Å². The minimum absolute atomic E-state index is 0.106. The van der Waals surface area contributed by atoms with Crippen molar-refractivity contribution in [2.45, 2.75) is 20.3 Å². The Bertz CT molecular complexity index is 372. The highest BCUT2D eigenvalue weighted by Crippen LogP contribution is 2.22. The van der Waals surface area contributed by atoms with Crippen LogP contribution in [-0.2, 0) is 0 Å². The van der Waals surface area contributed by atoms with Crippen molar-refractivity contribution in [1.29, 1.82) is 0 Å². The molecular weight excluding hydrogens is 202 g/mol. The molecule has 0 spiro atoms. The Morgan fingerprint density at radius 3 is 2.69 bits per heavy atom. The Hall–Kier alpha value is -1.35. The van der Waals surface area contributed by atoms with E-state index in [0.29, 0.717) is 24.3 Å². The number of hydrogen-bond donors (Lipinski definition) is 1. The summed E-state index contributed by atoms with van der Waals surface area (Å²) in [6.45, 7) is 4.48. The lowest BCUT2D eigenvalue weighted by molar-refractivity contribution is 0.0934. The SMILES string of the molecule is COc1cccc(C(=O)CC(C)(C)CN)c1. The Morgan fingerprint density at radius 1 is 1.44 bits per heavy atom. The summed E-state index contributed by atoms with van der Waals surface area (Å²) >= 11 is 0. The zero-order valence-corrected chi connectivity index (χ0v) is 10.1. The van der Waals surface area contributed by atoms with Crippen LogP contribution in [0.5, 0.6) is 5.75 Å². The van der Waals surface area contributed by atoms with E-state index < -0.39 is 0 Å². The molecule has 1 rings (SSSR count). The molecule has 0 radical (unpaired) electrons. The van der Waals surface area contributed by atoms with Crippen molar-refractivity contribution in [2.24, 2.45) is 11.1 Å². The maximum Gasteiger partial charge on any atom is 0.163 e. The number of nitrogens with two attached hydrogens (primary N) is 1. The Labute approximate surface area is 96.6 Å². The normalized spacial score (nSPS) is 11.2. The first-order valence-corrected chi connectivity index (χ1v) is 5.36. The van der Waals surface area contributed by atoms with Crippen LogP contribution in [0.3, 0.4) is 0 Å². The van der Waals surface area contributed by atoms with Gasteiger partial charge in [0, 0.05) is 12.0 Å². The average Bonchev–Trinajstić information content (AvgIpc) is 2.28. The lowest BCUT2D eigenvalue weighted by Crippen LogP contribution is -2.26. The third-order valence-electron chi connectivity index (χ3n) is 2.58. The zero-order chi connectivity index (χ0) is 12.2. The topological polar surface area (TPSA) is 52.3 Å². The fourth-order valence-corrected chi connectivity index (χ4v) is 1.41. The molecule has 0 saturated carbocycles. The summed E-state index contributed by atoms with van der Waals surface area (Å²) in [5.41, 5.74) is 6.14. The number of rotatable bonds is 5. The molecule has 0 bridgehead atoms. The summed E-state index contributed by atoms with van der Waals surface area (Å²) in [6.07, 6.45) is 0.455. The summed E-state index contributed by atoms with van der Waals surface area (Å²) in [5.74, 6) is 0.811. The molecule has 1 aromatic carbocycles. The van der Waals surface area contributed by atoms with Gasteiger partial charge in [-0.25, -0.2) is 0 Å². The highest BCUT2D eigenvalue weighted by Gasteiger charge is 2.21. The van der Waals surface area contributed by atoms with Crippen molar-refractivity contribution in [3.8, 4) is 5.75 Å². The Balaban J connectivity index is 2.80. The van der Waals surface area contributed by atoms with E-state index >= 15 is 0 Å². The molecule has 0 heterocycles. The fourth-order valence-electron chi connectivity index (χ4n) is 1.41. The standard InChI is InChI=1S/C13H19NO2/c1-13(2,9-14)8-12(15)10-5-4-6-11(7-10)16-3/h4-7H,8-9,14H2,1-3H3. The van der Waals surface area contributed by atoms with Gasteiger partial charge < -0.3 is 10.5 Å². The minimum atomic E-state index is -0.153. The van der Waals surface area contributed by atoms with Crippen molar-refractivity contribution < 1.29 is 9.53 Å². The zero-order valence-electron chi connectivity index (χ0n) is 10.1. The fraction of sp³-hybridized carbons (Fsp3) is 0.462. The van der Waals surface area contributed by atoms with E-state index in [2.05, 4.69) is 0 Å². The van der Waals surface area contributed by atoms with Gasteiger partial charge in [0.05, 0.1) is 7.11 Å². The van der Waals surface area contributed by atoms with E-state index in [1.807, 2.05) is 26.0 Å². The number of ketones is 1. The number of methoxy groups -OCH3 is 1. The van der Waals surface area contributed by atoms with E-state index in [1.54, 1.807) is 19.2 Å². The third kappa shape index (κ3) is 3.35. The van der Waals surface area contributed by atoms with Gasteiger partial charge >= 0.3 is 0 Å². The van der Waals surface area contributed by atoms with Gasteiger partial charge in [-0.2, -0.15) is 0 Å². The molecule has 1 aromatic rings. The van der Waals surface area contributed by atoms with E-state index in [9.17, 15) is 4.79 Å². The maximum atomic E-state index is 12.0. The summed E-state index contributed by atoms with van der Waals surface area (Å²) in [6, 6.07) is 7.21. The quantitative estimate of drug-likeness (QED) is 0.776. The van der Waals surface area contributed by atoms with Gasteiger partial charge in [-0.05, 0) is 24.1 Å². The first-order valence-electron chi connectivity index (χ1n) is 5.36. The summed E-state index contributed by atoms with van der Waals surface area (Å²) in [4.78, 5) is 12.0. The van der Waals surface area contributed by atoms with Crippen LogP contribution in [0, 0.1) is 5.41 Å². The lowest BCUT2D eigenvalue weighted by atomic mass is 9.86. The molecule has 3 heteroatoms. The molecule has 0 aromatic heterocycles. The number of hydrogen-bond acceptors (Lipinski definition) is 3. The first-order chi connectivity index (χ1) is 7.48. The lowest BCUT2D eigenvalue weighted by Gasteiger charge is -2.21. The van der Waals surface area contributed by atoms with E-state index in [0.717, 1.165) is 0 Å². The highest BCUT2D eigenvalue weighted by atomic mass is 16.5. The molecule has 88 valence electrons. The molecule has 0 atom stereocenters. The predicted octanol–water partition coefficient (Wildman–Crippen LogP) is 2.25. The molecule has 0 saturated heterocycles. The molecule has 0 unspecified atom stereocenters. The molecule has 2 N–H and O–H groups in total. The van der Waals surface area contributed by atoms with E-state index in [1.165, 1.54) is 0 Å². The third-order valence-corrected chi connectivity index (χ3v) is 2.58. The van der Waals surface area contributed by atoms with Gasteiger partial charge in [0.15, 0.2) is 5.78 Å². The van der Waals surface area contributed by atoms with Crippen LogP contribution in [0.1, 0.15) is 30.6 Å². The molecule has 0 aliphatic rings. The number of Topliss-reactive ketones (excluding diaryl/α,β-unsaturated/α-hetero) is 1. The molecule has 0 fully saturated rings. The van der Waals surface area contributed by atoms with Crippen molar-refractivity contribution >= 4 is 5.78 Å². The number of ether oxygens (including phenoxy) is 1. The smallest absolute Gasteiger partial charge is 0.163 e. The van der Waals surface area contributed by atoms with Crippen LogP contribution in [-0.4, -0.2) is 19.4 Å². The molecule has 3 nitrogen and oxygen atoms in total. The van der Waals surface area contributed by atoms with Crippen molar-refractivity contribution in [3.05, 3.63) is 29.8 Å². The van der Waals surface area contributed by atoms with Gasteiger partial charge in [0.25, 0.3) is 0 Å². The number of carbonyl (C=O) groups is 1. The van der Waals surface area contributed by atoms with Crippen LogP contribution in [0.25, 0.3) is 0 Å². The molecule has 0 aliphatic heterocycles. The average molecular weight is 221 g/mol. The van der Waals surface area contributed by atoms with Crippen LogP contribution in [0.15, 0.2) is 24.3 Å². The monoisotopic (exact) mass is 221 g/mol. The first kappa shape index (κ1) is 12.7. The second-order valence-electron chi connectivity index (χ2n) is 4.70.